The van der Waals surface area contributed by atoms with E-state index in [0.717, 1.165) is 18.4 Å². The smallest absolute Gasteiger partial charge is 0.410 e. The van der Waals surface area contributed by atoms with Gasteiger partial charge in [0.15, 0.2) is 0 Å². The second-order valence-electron chi connectivity index (χ2n) is 6.61. The summed E-state index contributed by atoms with van der Waals surface area (Å²) in [5, 5.41) is 0. The van der Waals surface area contributed by atoms with Crippen LogP contribution < -0.4 is 0 Å². The fraction of sp³-hybridized carbons (Fsp3) is 0.556. The van der Waals surface area contributed by atoms with Gasteiger partial charge in [0.05, 0.1) is 6.54 Å². The number of nitrogens with zero attached hydrogens (tertiary/aromatic N) is 2. The van der Waals surface area contributed by atoms with Crippen molar-refractivity contribution in [2.75, 3.05) is 26.2 Å². The molecule has 0 aliphatic carbocycles. The van der Waals surface area contributed by atoms with Crippen LogP contribution in [0.4, 0.5) is 4.79 Å². The number of cyclic esters (lactones) is 1. The summed E-state index contributed by atoms with van der Waals surface area (Å²) < 4.78 is 5.00. The molecule has 0 unspecified atom stereocenters. The zero-order valence-electron chi connectivity index (χ0n) is 13.8. The Labute approximate surface area is 137 Å². The Morgan fingerprint density at radius 1 is 1.13 bits per heavy atom. The lowest BCUT2D eigenvalue weighted by atomic mass is 10.00. The molecule has 1 aromatic rings. The van der Waals surface area contributed by atoms with Gasteiger partial charge in [-0.2, -0.15) is 0 Å². The van der Waals surface area contributed by atoms with Gasteiger partial charge in [0, 0.05) is 24.7 Å². The Hall–Kier alpha value is -2.04. The zero-order chi connectivity index (χ0) is 16.4. The number of benzene rings is 1. The van der Waals surface area contributed by atoms with Crippen LogP contribution in [0.5, 0.6) is 0 Å². The van der Waals surface area contributed by atoms with E-state index >= 15 is 0 Å². The summed E-state index contributed by atoms with van der Waals surface area (Å²) in [7, 11) is 0. The van der Waals surface area contributed by atoms with Gasteiger partial charge in [-0.25, -0.2) is 4.79 Å². The topological polar surface area (TPSA) is 49.9 Å². The molecule has 2 aliphatic rings. The average molecular weight is 316 g/mol. The van der Waals surface area contributed by atoms with E-state index in [0.29, 0.717) is 32.2 Å². The van der Waals surface area contributed by atoms with Gasteiger partial charge in [0.2, 0.25) is 0 Å². The van der Waals surface area contributed by atoms with Gasteiger partial charge in [-0.05, 0) is 36.5 Å². The molecule has 5 heteroatoms. The first-order valence-corrected chi connectivity index (χ1v) is 8.39. The molecule has 1 aromatic carbocycles. The van der Waals surface area contributed by atoms with E-state index < -0.39 is 0 Å². The molecule has 2 fully saturated rings. The van der Waals surface area contributed by atoms with E-state index in [9.17, 15) is 9.59 Å². The van der Waals surface area contributed by atoms with Crippen LogP contribution in [-0.4, -0.2) is 54.1 Å². The lowest BCUT2D eigenvalue weighted by Gasteiger charge is -2.35. The van der Waals surface area contributed by atoms with Crippen LogP contribution in [0, 0.1) is 0 Å². The molecule has 0 radical (unpaired) electrons. The largest absolute Gasteiger partial charge is 0.448 e. The third-order valence-corrected chi connectivity index (χ3v) is 4.81. The Morgan fingerprint density at radius 3 is 2.30 bits per heavy atom. The van der Waals surface area contributed by atoms with Crippen LogP contribution in [-0.2, 0) is 4.74 Å². The molecule has 5 nitrogen and oxygen atoms in total. The van der Waals surface area contributed by atoms with Crippen molar-refractivity contribution < 1.29 is 14.3 Å². The summed E-state index contributed by atoms with van der Waals surface area (Å²) in [6.45, 7) is 6.84. The monoisotopic (exact) mass is 316 g/mol. The molecule has 2 aliphatic heterocycles. The maximum Gasteiger partial charge on any atom is 0.410 e. The molecular formula is C18H24N2O3. The minimum Gasteiger partial charge on any atom is -0.448 e. The minimum atomic E-state index is -0.209. The van der Waals surface area contributed by atoms with E-state index in [4.69, 9.17) is 4.74 Å². The van der Waals surface area contributed by atoms with Crippen LogP contribution in [0.15, 0.2) is 24.3 Å². The summed E-state index contributed by atoms with van der Waals surface area (Å²) in [6.07, 6.45) is 1.44. The maximum atomic E-state index is 12.6. The Bertz CT molecular complexity index is 574. The molecule has 0 atom stereocenters. The normalized spacial score (nSPS) is 19.3. The van der Waals surface area contributed by atoms with Crippen molar-refractivity contribution in [2.24, 2.45) is 0 Å². The number of ether oxygens (including phenoxy) is 1. The van der Waals surface area contributed by atoms with Crippen molar-refractivity contribution in [1.82, 2.24) is 9.80 Å². The highest BCUT2D eigenvalue weighted by Crippen LogP contribution is 2.22. The number of rotatable bonds is 3. The lowest BCUT2D eigenvalue weighted by molar-refractivity contribution is 0.0658. The molecule has 0 saturated carbocycles. The van der Waals surface area contributed by atoms with E-state index in [1.165, 1.54) is 5.56 Å². The average Bonchev–Trinajstić information content (AvgIpc) is 3.00. The second kappa shape index (κ2) is 6.60. The molecule has 3 rings (SSSR count). The van der Waals surface area contributed by atoms with Crippen molar-refractivity contribution in [3.63, 3.8) is 0 Å². The van der Waals surface area contributed by atoms with E-state index in [2.05, 4.69) is 13.8 Å². The molecule has 0 spiro atoms. The first kappa shape index (κ1) is 15.8. The predicted octanol–water partition coefficient (Wildman–Crippen LogP) is 2.87. The van der Waals surface area contributed by atoms with Crippen LogP contribution in [0.3, 0.4) is 0 Å². The van der Waals surface area contributed by atoms with Gasteiger partial charge < -0.3 is 14.5 Å². The molecule has 2 saturated heterocycles. The van der Waals surface area contributed by atoms with Crippen molar-refractivity contribution in [3.8, 4) is 0 Å². The Kier molecular flexibility index (Phi) is 4.55. The predicted molar refractivity (Wildman–Crippen MR) is 87.5 cm³/mol. The van der Waals surface area contributed by atoms with E-state index in [1.807, 2.05) is 29.2 Å². The highest BCUT2D eigenvalue weighted by atomic mass is 16.6. The van der Waals surface area contributed by atoms with Gasteiger partial charge in [-0.3, -0.25) is 4.79 Å². The van der Waals surface area contributed by atoms with Crippen LogP contribution in [0.1, 0.15) is 48.5 Å². The quantitative estimate of drug-likeness (QED) is 0.861. The summed E-state index contributed by atoms with van der Waals surface area (Å²) in [4.78, 5) is 27.9. The maximum absolute atomic E-state index is 12.6. The van der Waals surface area contributed by atoms with Gasteiger partial charge in [0.25, 0.3) is 5.91 Å². The van der Waals surface area contributed by atoms with Crippen LogP contribution in [0.2, 0.25) is 0 Å². The number of hydrogen-bond acceptors (Lipinski definition) is 3. The van der Waals surface area contributed by atoms with Crippen LogP contribution >= 0.6 is 0 Å². The molecule has 23 heavy (non-hydrogen) atoms. The number of piperidine rings is 1. The SMILES string of the molecule is CC(C)c1ccc(C(=O)N2CCC(N3CCOC3=O)CC2)cc1. The van der Waals surface area contributed by atoms with Crippen molar-refractivity contribution in [2.45, 2.75) is 38.6 Å². The third kappa shape index (κ3) is 3.33. The standard InChI is InChI=1S/C18H24N2O3/c1-13(2)14-3-5-15(6-4-14)17(21)19-9-7-16(8-10-19)20-11-12-23-18(20)22/h3-6,13,16H,7-12H2,1-2H3. The van der Waals surface area contributed by atoms with Gasteiger partial charge in [-0.1, -0.05) is 26.0 Å². The number of carbonyl (C=O) groups is 2. The molecule has 0 aromatic heterocycles. The van der Waals surface area contributed by atoms with Crippen molar-refractivity contribution in [3.05, 3.63) is 35.4 Å². The Morgan fingerprint density at radius 2 is 1.78 bits per heavy atom. The molecular weight excluding hydrogens is 292 g/mol. The number of hydrogen-bond donors (Lipinski definition) is 0. The second-order valence-corrected chi connectivity index (χ2v) is 6.61. The zero-order valence-corrected chi connectivity index (χ0v) is 13.8. The fourth-order valence-corrected chi connectivity index (χ4v) is 3.31. The molecule has 124 valence electrons. The van der Waals surface area contributed by atoms with Gasteiger partial charge >= 0.3 is 6.09 Å². The third-order valence-electron chi connectivity index (χ3n) is 4.81. The van der Waals surface area contributed by atoms with Crippen LogP contribution in [0.25, 0.3) is 0 Å². The highest BCUT2D eigenvalue weighted by Gasteiger charge is 2.33. The molecule has 0 N–H and O–H groups in total. The van der Waals surface area contributed by atoms with E-state index in [1.54, 1.807) is 4.90 Å². The molecule has 2 amide bonds. The van der Waals surface area contributed by atoms with Gasteiger partial charge in [-0.15, -0.1) is 0 Å². The number of carbonyl (C=O) groups excluding carboxylic acids is 2. The van der Waals surface area contributed by atoms with E-state index in [-0.39, 0.29) is 18.0 Å². The van der Waals surface area contributed by atoms with Crippen molar-refractivity contribution in [1.29, 1.82) is 0 Å². The van der Waals surface area contributed by atoms with Crippen molar-refractivity contribution >= 4 is 12.0 Å². The summed E-state index contributed by atoms with van der Waals surface area (Å²) >= 11 is 0. The lowest BCUT2D eigenvalue weighted by Crippen LogP contribution is -2.47. The Balaban J connectivity index is 1.58. The summed E-state index contributed by atoms with van der Waals surface area (Å²) in [5.74, 6) is 0.554. The first-order chi connectivity index (χ1) is 11.1. The number of likely N-dealkylation sites (tertiary alicyclic amines) is 1. The summed E-state index contributed by atoms with van der Waals surface area (Å²) in [5.41, 5.74) is 1.99. The fourth-order valence-electron chi connectivity index (χ4n) is 3.31. The first-order valence-electron chi connectivity index (χ1n) is 8.39. The molecule has 0 bridgehead atoms. The summed E-state index contributed by atoms with van der Waals surface area (Å²) in [6, 6.07) is 8.11. The molecule has 2 heterocycles. The van der Waals surface area contributed by atoms with Gasteiger partial charge in [0.1, 0.15) is 6.61 Å². The minimum absolute atomic E-state index is 0.0859. The number of amides is 2. The highest BCUT2D eigenvalue weighted by molar-refractivity contribution is 5.94.